The molecule has 0 aromatic heterocycles. The minimum Gasteiger partial charge on any atom is -0.370 e. The maximum absolute atomic E-state index is 13.5. The van der Waals surface area contributed by atoms with Crippen LogP contribution in [0.2, 0.25) is 5.02 Å². The first-order valence-electron chi connectivity index (χ1n) is 6.64. The number of hydrogen-bond donors (Lipinski definition) is 1. The molecule has 1 N–H and O–H groups in total. The Labute approximate surface area is 113 Å². The van der Waals surface area contributed by atoms with Gasteiger partial charge in [-0.2, -0.15) is 0 Å². The van der Waals surface area contributed by atoms with E-state index in [1.54, 1.807) is 6.07 Å². The molecule has 1 fully saturated rings. The zero-order valence-corrected chi connectivity index (χ0v) is 11.5. The number of hydrogen-bond acceptors (Lipinski definition) is 2. The van der Waals surface area contributed by atoms with Crippen LogP contribution in [-0.2, 0) is 0 Å². The highest BCUT2D eigenvalue weighted by atomic mass is 35.5. The molecule has 4 heteroatoms. The average molecular weight is 271 g/mol. The lowest BCUT2D eigenvalue weighted by atomic mass is 10.1. The van der Waals surface area contributed by atoms with Crippen LogP contribution in [0.4, 0.5) is 10.1 Å². The summed E-state index contributed by atoms with van der Waals surface area (Å²) in [6.07, 6.45) is 3.41. The predicted octanol–water partition coefficient (Wildman–Crippen LogP) is 3.45. The maximum Gasteiger partial charge on any atom is 0.143 e. The number of halogens is 2. The van der Waals surface area contributed by atoms with Crippen molar-refractivity contribution < 1.29 is 4.39 Å². The molecular formula is C14H20ClFN2. The van der Waals surface area contributed by atoms with Gasteiger partial charge in [-0.05, 0) is 37.6 Å². The smallest absolute Gasteiger partial charge is 0.143 e. The fraction of sp³-hybridized carbons (Fsp3) is 0.571. The lowest BCUT2D eigenvalue weighted by Crippen LogP contribution is -2.37. The SMILES string of the molecule is CCCC1CN(c2ccc(Cl)c(F)c2)CCCN1. The van der Waals surface area contributed by atoms with Gasteiger partial charge in [0.15, 0.2) is 0 Å². The summed E-state index contributed by atoms with van der Waals surface area (Å²) in [5.74, 6) is -0.335. The Morgan fingerprint density at radius 3 is 3.06 bits per heavy atom. The van der Waals surface area contributed by atoms with Crippen LogP contribution < -0.4 is 10.2 Å². The van der Waals surface area contributed by atoms with Crippen molar-refractivity contribution >= 4 is 17.3 Å². The van der Waals surface area contributed by atoms with Gasteiger partial charge in [-0.25, -0.2) is 4.39 Å². The van der Waals surface area contributed by atoms with E-state index in [9.17, 15) is 4.39 Å². The van der Waals surface area contributed by atoms with Crippen LogP contribution in [0, 0.1) is 5.82 Å². The molecule has 1 heterocycles. The van der Waals surface area contributed by atoms with Crippen LogP contribution in [0.15, 0.2) is 18.2 Å². The van der Waals surface area contributed by atoms with Gasteiger partial charge in [-0.1, -0.05) is 24.9 Å². The summed E-state index contributed by atoms with van der Waals surface area (Å²) in [4.78, 5) is 2.25. The second kappa shape index (κ2) is 6.39. The first-order valence-corrected chi connectivity index (χ1v) is 7.02. The summed E-state index contributed by atoms with van der Waals surface area (Å²) in [5, 5.41) is 3.74. The third-order valence-electron chi connectivity index (χ3n) is 3.38. The van der Waals surface area contributed by atoms with Crippen molar-refractivity contribution in [3.8, 4) is 0 Å². The van der Waals surface area contributed by atoms with Crippen molar-refractivity contribution in [3.63, 3.8) is 0 Å². The number of benzene rings is 1. The molecule has 1 atom stereocenters. The van der Waals surface area contributed by atoms with E-state index in [2.05, 4.69) is 17.1 Å². The Morgan fingerprint density at radius 1 is 1.50 bits per heavy atom. The van der Waals surface area contributed by atoms with Crippen LogP contribution in [0.25, 0.3) is 0 Å². The van der Waals surface area contributed by atoms with E-state index in [1.165, 1.54) is 12.5 Å². The first kappa shape index (κ1) is 13.6. The van der Waals surface area contributed by atoms with E-state index in [0.717, 1.165) is 38.2 Å². The van der Waals surface area contributed by atoms with Crippen LogP contribution in [-0.4, -0.2) is 25.7 Å². The number of anilines is 1. The van der Waals surface area contributed by atoms with Crippen LogP contribution in [0.5, 0.6) is 0 Å². The minimum absolute atomic E-state index is 0.191. The molecule has 100 valence electrons. The van der Waals surface area contributed by atoms with E-state index in [-0.39, 0.29) is 10.8 Å². The molecule has 0 bridgehead atoms. The molecule has 1 aliphatic heterocycles. The molecule has 1 aliphatic rings. The zero-order chi connectivity index (χ0) is 13.0. The standard InChI is InChI=1S/C14H20ClFN2/c1-2-4-11-10-18(8-3-7-17-11)12-5-6-13(15)14(16)9-12/h5-6,9,11,17H,2-4,7-8,10H2,1H3. The summed E-state index contributed by atoms with van der Waals surface area (Å²) < 4.78 is 13.5. The van der Waals surface area contributed by atoms with E-state index in [1.807, 2.05) is 6.07 Å². The van der Waals surface area contributed by atoms with Gasteiger partial charge in [0.25, 0.3) is 0 Å². The Bertz CT molecular complexity index is 397. The van der Waals surface area contributed by atoms with Crippen molar-refractivity contribution in [2.45, 2.75) is 32.2 Å². The molecule has 1 saturated heterocycles. The van der Waals surface area contributed by atoms with Crippen molar-refractivity contribution in [1.82, 2.24) is 5.32 Å². The average Bonchev–Trinajstić information content (AvgIpc) is 2.59. The highest BCUT2D eigenvalue weighted by molar-refractivity contribution is 6.30. The van der Waals surface area contributed by atoms with Crippen LogP contribution in [0.3, 0.4) is 0 Å². The Morgan fingerprint density at radius 2 is 2.33 bits per heavy atom. The Hall–Kier alpha value is -0.800. The second-order valence-electron chi connectivity index (χ2n) is 4.84. The highest BCUT2D eigenvalue weighted by Crippen LogP contribution is 2.23. The highest BCUT2D eigenvalue weighted by Gasteiger charge is 2.17. The summed E-state index contributed by atoms with van der Waals surface area (Å²) >= 11 is 5.72. The number of nitrogens with one attached hydrogen (secondary N) is 1. The molecule has 0 saturated carbocycles. The van der Waals surface area contributed by atoms with E-state index in [4.69, 9.17) is 11.6 Å². The molecule has 18 heavy (non-hydrogen) atoms. The van der Waals surface area contributed by atoms with Crippen molar-refractivity contribution in [2.75, 3.05) is 24.5 Å². The number of nitrogens with zero attached hydrogens (tertiary/aromatic N) is 1. The summed E-state index contributed by atoms with van der Waals surface area (Å²) in [6.45, 7) is 5.14. The van der Waals surface area contributed by atoms with Gasteiger partial charge < -0.3 is 10.2 Å². The Balaban J connectivity index is 2.12. The Kier molecular flexibility index (Phi) is 4.84. The molecule has 0 spiro atoms. The lowest BCUT2D eigenvalue weighted by Gasteiger charge is -2.26. The quantitative estimate of drug-likeness (QED) is 0.905. The topological polar surface area (TPSA) is 15.3 Å². The molecule has 1 aromatic carbocycles. The van der Waals surface area contributed by atoms with Gasteiger partial charge in [-0.15, -0.1) is 0 Å². The third kappa shape index (κ3) is 3.36. The summed E-state index contributed by atoms with van der Waals surface area (Å²) in [6, 6.07) is 5.58. The van der Waals surface area contributed by atoms with Crippen molar-refractivity contribution in [2.24, 2.45) is 0 Å². The molecule has 0 aliphatic carbocycles. The van der Waals surface area contributed by atoms with Gasteiger partial charge in [0, 0.05) is 24.8 Å². The molecule has 0 radical (unpaired) electrons. The van der Waals surface area contributed by atoms with Crippen molar-refractivity contribution in [3.05, 3.63) is 29.0 Å². The first-order chi connectivity index (χ1) is 8.70. The van der Waals surface area contributed by atoms with E-state index in [0.29, 0.717) is 6.04 Å². The zero-order valence-electron chi connectivity index (χ0n) is 10.8. The fourth-order valence-electron chi connectivity index (χ4n) is 2.46. The maximum atomic E-state index is 13.5. The number of rotatable bonds is 3. The summed E-state index contributed by atoms with van der Waals surface area (Å²) in [5.41, 5.74) is 0.932. The van der Waals surface area contributed by atoms with Gasteiger partial charge in [-0.3, -0.25) is 0 Å². The molecule has 0 amide bonds. The largest absolute Gasteiger partial charge is 0.370 e. The minimum atomic E-state index is -0.335. The molecular weight excluding hydrogens is 251 g/mol. The van der Waals surface area contributed by atoms with E-state index < -0.39 is 0 Å². The lowest BCUT2D eigenvalue weighted by molar-refractivity contribution is 0.502. The third-order valence-corrected chi connectivity index (χ3v) is 3.69. The second-order valence-corrected chi connectivity index (χ2v) is 5.24. The predicted molar refractivity (Wildman–Crippen MR) is 74.9 cm³/mol. The molecule has 2 nitrogen and oxygen atoms in total. The van der Waals surface area contributed by atoms with Gasteiger partial charge >= 0.3 is 0 Å². The van der Waals surface area contributed by atoms with Crippen LogP contribution in [0.1, 0.15) is 26.2 Å². The molecule has 1 aromatic rings. The molecule has 1 unspecified atom stereocenters. The fourth-order valence-corrected chi connectivity index (χ4v) is 2.57. The van der Waals surface area contributed by atoms with Gasteiger partial charge in [0.05, 0.1) is 5.02 Å². The molecule has 2 rings (SSSR count). The normalized spacial score (nSPS) is 20.8. The van der Waals surface area contributed by atoms with Crippen molar-refractivity contribution in [1.29, 1.82) is 0 Å². The monoisotopic (exact) mass is 270 g/mol. The van der Waals surface area contributed by atoms with E-state index >= 15 is 0 Å². The van der Waals surface area contributed by atoms with Gasteiger partial charge in [0.1, 0.15) is 5.82 Å². The summed E-state index contributed by atoms with van der Waals surface area (Å²) in [7, 11) is 0. The van der Waals surface area contributed by atoms with Crippen LogP contribution >= 0.6 is 11.6 Å². The van der Waals surface area contributed by atoms with Gasteiger partial charge in [0.2, 0.25) is 0 Å².